The fourth-order valence-electron chi connectivity index (χ4n) is 2.74. The van der Waals surface area contributed by atoms with Crippen molar-refractivity contribution in [3.8, 4) is 0 Å². The first-order valence-electron chi connectivity index (χ1n) is 7.14. The Kier molecular flexibility index (Phi) is 3.95. The second kappa shape index (κ2) is 5.86. The quantitative estimate of drug-likeness (QED) is 0.908. The first-order valence-corrected chi connectivity index (χ1v) is 7.52. The van der Waals surface area contributed by atoms with Crippen LogP contribution in [0, 0.1) is 0 Å². The summed E-state index contributed by atoms with van der Waals surface area (Å²) in [7, 11) is 0. The number of fused-ring (bicyclic) bond motifs is 1. The van der Waals surface area contributed by atoms with Crippen molar-refractivity contribution in [1.29, 1.82) is 0 Å². The summed E-state index contributed by atoms with van der Waals surface area (Å²) in [6.07, 6.45) is 1.09. The van der Waals surface area contributed by atoms with Crippen molar-refractivity contribution in [2.75, 3.05) is 18.0 Å². The van der Waals surface area contributed by atoms with Crippen molar-refractivity contribution in [1.82, 2.24) is 5.32 Å². The third-order valence-electron chi connectivity index (χ3n) is 3.77. The van der Waals surface area contributed by atoms with Gasteiger partial charge in [-0.15, -0.1) is 0 Å². The zero-order chi connectivity index (χ0) is 13.9. The largest absolute Gasteiger partial charge is 0.340 e. The molecule has 0 unspecified atom stereocenters. The van der Waals surface area contributed by atoms with Gasteiger partial charge in [-0.25, -0.2) is 0 Å². The lowest BCUT2D eigenvalue weighted by molar-refractivity contribution is 0.727. The summed E-state index contributed by atoms with van der Waals surface area (Å²) in [5.74, 6) is 0. The van der Waals surface area contributed by atoms with E-state index < -0.39 is 0 Å². The van der Waals surface area contributed by atoms with Crippen molar-refractivity contribution in [3.05, 3.63) is 58.6 Å². The molecule has 1 aliphatic heterocycles. The molecule has 0 spiro atoms. The molecule has 20 heavy (non-hydrogen) atoms. The molecule has 3 rings (SSSR count). The maximum atomic E-state index is 6.49. The lowest BCUT2D eigenvalue weighted by Gasteiger charge is -2.21. The van der Waals surface area contributed by atoms with Crippen LogP contribution in [-0.2, 0) is 13.0 Å². The molecule has 0 aliphatic carbocycles. The van der Waals surface area contributed by atoms with E-state index in [4.69, 9.17) is 11.6 Å². The minimum Gasteiger partial charge on any atom is -0.340 e. The fourth-order valence-corrected chi connectivity index (χ4v) is 3.04. The van der Waals surface area contributed by atoms with E-state index in [0.29, 0.717) is 0 Å². The molecule has 0 fully saturated rings. The van der Waals surface area contributed by atoms with Gasteiger partial charge in [0.2, 0.25) is 0 Å². The zero-order valence-corrected chi connectivity index (χ0v) is 12.5. The Labute approximate surface area is 125 Å². The zero-order valence-electron chi connectivity index (χ0n) is 11.7. The molecule has 2 nitrogen and oxygen atoms in total. The lowest BCUT2D eigenvalue weighted by Crippen LogP contribution is -2.15. The smallest absolute Gasteiger partial charge is 0.0646 e. The highest BCUT2D eigenvalue weighted by molar-refractivity contribution is 6.33. The molecule has 2 aromatic rings. The Morgan fingerprint density at radius 3 is 2.80 bits per heavy atom. The monoisotopic (exact) mass is 286 g/mol. The van der Waals surface area contributed by atoms with Crippen LogP contribution in [0.15, 0.2) is 42.5 Å². The highest BCUT2D eigenvalue weighted by atomic mass is 35.5. The van der Waals surface area contributed by atoms with Crippen molar-refractivity contribution >= 4 is 23.0 Å². The van der Waals surface area contributed by atoms with Gasteiger partial charge in [-0.3, -0.25) is 0 Å². The van der Waals surface area contributed by atoms with Gasteiger partial charge in [0.25, 0.3) is 0 Å². The number of hydrogen-bond acceptors (Lipinski definition) is 2. The molecular formula is C17H19ClN2. The third-order valence-corrected chi connectivity index (χ3v) is 4.07. The molecule has 1 N–H and O–H groups in total. The summed E-state index contributed by atoms with van der Waals surface area (Å²) in [5.41, 5.74) is 5.03. The van der Waals surface area contributed by atoms with Crippen LogP contribution in [0.1, 0.15) is 18.1 Å². The van der Waals surface area contributed by atoms with E-state index in [1.54, 1.807) is 0 Å². The van der Waals surface area contributed by atoms with Gasteiger partial charge >= 0.3 is 0 Å². The van der Waals surface area contributed by atoms with Crippen molar-refractivity contribution < 1.29 is 0 Å². The number of benzene rings is 2. The van der Waals surface area contributed by atoms with Crippen LogP contribution in [0.4, 0.5) is 11.4 Å². The van der Waals surface area contributed by atoms with Crippen molar-refractivity contribution in [2.45, 2.75) is 19.9 Å². The van der Waals surface area contributed by atoms with Crippen LogP contribution in [0.5, 0.6) is 0 Å². The fraction of sp³-hybridized carbons (Fsp3) is 0.294. The molecule has 0 amide bonds. The molecule has 0 bridgehead atoms. The molecule has 0 aromatic heterocycles. The number of rotatable bonds is 4. The van der Waals surface area contributed by atoms with Gasteiger partial charge < -0.3 is 10.2 Å². The van der Waals surface area contributed by atoms with Gasteiger partial charge in [-0.1, -0.05) is 42.8 Å². The first kappa shape index (κ1) is 13.5. The molecule has 2 aromatic carbocycles. The van der Waals surface area contributed by atoms with Crippen LogP contribution in [0.25, 0.3) is 0 Å². The molecule has 0 saturated heterocycles. The van der Waals surface area contributed by atoms with Crippen molar-refractivity contribution in [3.63, 3.8) is 0 Å². The van der Waals surface area contributed by atoms with E-state index in [1.165, 1.54) is 16.8 Å². The Morgan fingerprint density at radius 2 is 2.00 bits per heavy atom. The predicted molar refractivity (Wildman–Crippen MR) is 86.0 cm³/mol. The van der Waals surface area contributed by atoms with Crippen molar-refractivity contribution in [2.24, 2.45) is 0 Å². The molecule has 104 valence electrons. The highest BCUT2D eigenvalue weighted by Crippen LogP contribution is 2.38. The Morgan fingerprint density at radius 1 is 1.15 bits per heavy atom. The predicted octanol–water partition coefficient (Wildman–Crippen LogP) is 4.14. The van der Waals surface area contributed by atoms with Gasteiger partial charge in [0.05, 0.1) is 10.7 Å². The second-order valence-corrected chi connectivity index (χ2v) is 5.50. The number of nitrogens with one attached hydrogen (secondary N) is 1. The SMILES string of the molecule is CCNCc1ccc(N2CCc3ccccc32)c(Cl)c1. The Bertz CT molecular complexity index is 610. The molecule has 1 aliphatic rings. The van der Waals surface area contributed by atoms with Gasteiger partial charge in [0.15, 0.2) is 0 Å². The number of nitrogens with zero attached hydrogens (tertiary/aromatic N) is 1. The van der Waals surface area contributed by atoms with Gasteiger partial charge in [-0.2, -0.15) is 0 Å². The molecule has 1 heterocycles. The normalized spacial score (nSPS) is 13.6. The molecular weight excluding hydrogens is 268 g/mol. The Hall–Kier alpha value is -1.51. The van der Waals surface area contributed by atoms with E-state index in [-0.39, 0.29) is 0 Å². The molecule has 0 atom stereocenters. The van der Waals surface area contributed by atoms with E-state index in [2.05, 4.69) is 59.6 Å². The summed E-state index contributed by atoms with van der Waals surface area (Å²) >= 11 is 6.49. The third kappa shape index (κ3) is 2.54. The highest BCUT2D eigenvalue weighted by Gasteiger charge is 2.21. The molecule has 3 heteroatoms. The minimum atomic E-state index is 0.831. The molecule has 0 saturated carbocycles. The maximum Gasteiger partial charge on any atom is 0.0646 e. The average molecular weight is 287 g/mol. The summed E-state index contributed by atoms with van der Waals surface area (Å²) in [6.45, 7) is 4.95. The molecule has 0 radical (unpaired) electrons. The van der Waals surface area contributed by atoms with E-state index >= 15 is 0 Å². The van der Waals surface area contributed by atoms with Crippen LogP contribution in [-0.4, -0.2) is 13.1 Å². The van der Waals surface area contributed by atoms with Gasteiger partial charge in [-0.05, 0) is 42.3 Å². The second-order valence-electron chi connectivity index (χ2n) is 5.10. The van der Waals surface area contributed by atoms with Gasteiger partial charge in [0, 0.05) is 18.8 Å². The summed E-state index contributed by atoms with van der Waals surface area (Å²) in [5, 5.41) is 4.15. The van der Waals surface area contributed by atoms with Crippen LogP contribution in [0.2, 0.25) is 5.02 Å². The number of para-hydroxylation sites is 1. The summed E-state index contributed by atoms with van der Waals surface area (Å²) in [4.78, 5) is 2.31. The topological polar surface area (TPSA) is 15.3 Å². The Balaban J connectivity index is 1.88. The average Bonchev–Trinajstić information content (AvgIpc) is 2.89. The van der Waals surface area contributed by atoms with Crippen LogP contribution < -0.4 is 10.2 Å². The van der Waals surface area contributed by atoms with Crippen LogP contribution in [0.3, 0.4) is 0 Å². The number of halogens is 1. The van der Waals surface area contributed by atoms with E-state index in [0.717, 1.165) is 36.8 Å². The lowest BCUT2D eigenvalue weighted by atomic mass is 10.1. The van der Waals surface area contributed by atoms with E-state index in [1.807, 2.05) is 0 Å². The van der Waals surface area contributed by atoms with Gasteiger partial charge in [0.1, 0.15) is 0 Å². The van der Waals surface area contributed by atoms with Crippen LogP contribution >= 0.6 is 11.6 Å². The first-order chi connectivity index (χ1) is 9.79. The standard InChI is InChI=1S/C17H19ClN2/c1-2-19-12-13-7-8-17(15(18)11-13)20-10-9-14-5-3-4-6-16(14)20/h3-8,11,19H,2,9-10,12H2,1H3. The number of anilines is 2. The maximum absolute atomic E-state index is 6.49. The number of hydrogen-bond donors (Lipinski definition) is 1. The minimum absolute atomic E-state index is 0.831. The summed E-state index contributed by atoms with van der Waals surface area (Å²) in [6, 6.07) is 14.9. The summed E-state index contributed by atoms with van der Waals surface area (Å²) < 4.78 is 0. The van der Waals surface area contributed by atoms with E-state index in [9.17, 15) is 0 Å².